The van der Waals surface area contributed by atoms with Gasteiger partial charge in [-0.3, -0.25) is 9.59 Å². The van der Waals surface area contributed by atoms with Crippen molar-refractivity contribution in [2.24, 2.45) is 5.73 Å². The van der Waals surface area contributed by atoms with E-state index in [1.165, 1.54) is 7.11 Å². The lowest BCUT2D eigenvalue weighted by molar-refractivity contribution is -0.119. The first-order valence-electron chi connectivity index (χ1n) is 8.56. The summed E-state index contributed by atoms with van der Waals surface area (Å²) < 4.78 is 20.9. The van der Waals surface area contributed by atoms with E-state index in [9.17, 15) is 9.59 Å². The molecule has 0 aliphatic heterocycles. The molecule has 3 N–H and O–H groups in total. The molecule has 150 valence electrons. The van der Waals surface area contributed by atoms with Crippen LogP contribution >= 0.6 is 0 Å². The lowest BCUT2D eigenvalue weighted by Gasteiger charge is -2.12. The number of carbonyl (C=O) groups excluding carboxylic acids is 2. The van der Waals surface area contributed by atoms with Gasteiger partial charge in [0.15, 0.2) is 29.6 Å². The molecule has 0 atom stereocenters. The molecule has 0 saturated heterocycles. The Hall–Kier alpha value is -3.42. The van der Waals surface area contributed by atoms with Crippen LogP contribution in [0, 0.1) is 0 Å². The van der Waals surface area contributed by atoms with E-state index in [4.69, 9.17) is 24.7 Å². The van der Waals surface area contributed by atoms with Crippen LogP contribution in [0.2, 0.25) is 0 Å². The number of benzene rings is 2. The summed E-state index contributed by atoms with van der Waals surface area (Å²) in [6.07, 6.45) is 0.628. The van der Waals surface area contributed by atoms with E-state index in [2.05, 4.69) is 5.32 Å². The van der Waals surface area contributed by atoms with Crippen LogP contribution in [0.1, 0.15) is 15.9 Å². The molecule has 2 rings (SSSR count). The quantitative estimate of drug-likeness (QED) is 0.639. The summed E-state index contributed by atoms with van der Waals surface area (Å²) in [4.78, 5) is 23.2. The molecule has 0 saturated carbocycles. The minimum Gasteiger partial charge on any atom is -0.493 e. The van der Waals surface area contributed by atoms with E-state index in [0.29, 0.717) is 41.5 Å². The summed E-state index contributed by atoms with van der Waals surface area (Å²) in [7, 11) is 4.61. The molecular formula is C20H24N2O6. The number of hydrogen-bond donors (Lipinski definition) is 2. The van der Waals surface area contributed by atoms with E-state index in [1.807, 2.05) is 18.2 Å². The van der Waals surface area contributed by atoms with E-state index in [-0.39, 0.29) is 12.5 Å². The maximum atomic E-state index is 12.4. The molecule has 0 radical (unpaired) electrons. The Balaban J connectivity index is 1.96. The minimum atomic E-state index is -0.598. The summed E-state index contributed by atoms with van der Waals surface area (Å²) in [6.45, 7) is 0.170. The molecule has 2 aromatic carbocycles. The van der Waals surface area contributed by atoms with Crippen molar-refractivity contribution in [3.8, 4) is 23.0 Å². The fraction of sp³-hybridized carbons (Fsp3) is 0.300. The van der Waals surface area contributed by atoms with Crippen molar-refractivity contribution in [1.29, 1.82) is 0 Å². The Morgan fingerprint density at radius 2 is 1.54 bits per heavy atom. The van der Waals surface area contributed by atoms with Gasteiger partial charge in [0.2, 0.25) is 0 Å². The molecule has 8 nitrogen and oxygen atoms in total. The molecule has 0 unspecified atom stereocenters. The van der Waals surface area contributed by atoms with Gasteiger partial charge in [-0.1, -0.05) is 6.07 Å². The van der Waals surface area contributed by atoms with Gasteiger partial charge in [0.05, 0.1) is 21.3 Å². The fourth-order valence-corrected chi connectivity index (χ4v) is 2.54. The molecule has 0 aliphatic rings. The maximum Gasteiger partial charge on any atom is 0.255 e. The zero-order valence-electron chi connectivity index (χ0n) is 16.1. The van der Waals surface area contributed by atoms with Crippen molar-refractivity contribution in [2.75, 3.05) is 34.5 Å². The normalized spacial score (nSPS) is 10.1. The largest absolute Gasteiger partial charge is 0.493 e. The highest BCUT2D eigenvalue weighted by molar-refractivity contribution is 5.94. The number of methoxy groups -OCH3 is 3. The first kappa shape index (κ1) is 20.9. The molecule has 0 fully saturated rings. The molecule has 0 spiro atoms. The SMILES string of the molecule is COc1ccc(CCNC(=O)c2ccc(OCC(N)=O)c(OC)c2)cc1OC. The van der Waals surface area contributed by atoms with Gasteiger partial charge in [0.1, 0.15) is 0 Å². The topological polar surface area (TPSA) is 109 Å². The number of rotatable bonds is 10. The van der Waals surface area contributed by atoms with Gasteiger partial charge in [0.25, 0.3) is 11.8 Å². The highest BCUT2D eigenvalue weighted by Gasteiger charge is 2.12. The van der Waals surface area contributed by atoms with Crippen LogP contribution in [-0.2, 0) is 11.2 Å². The zero-order valence-corrected chi connectivity index (χ0v) is 16.1. The first-order chi connectivity index (χ1) is 13.5. The average Bonchev–Trinajstić information content (AvgIpc) is 2.71. The monoisotopic (exact) mass is 388 g/mol. The third-order valence-corrected chi connectivity index (χ3v) is 3.94. The van der Waals surface area contributed by atoms with Gasteiger partial charge in [-0.05, 0) is 42.3 Å². The first-order valence-corrected chi connectivity index (χ1v) is 8.56. The second kappa shape index (κ2) is 10.1. The summed E-state index contributed by atoms with van der Waals surface area (Å²) >= 11 is 0. The molecule has 0 aliphatic carbocycles. The highest BCUT2D eigenvalue weighted by Crippen LogP contribution is 2.28. The van der Waals surface area contributed by atoms with E-state index in [1.54, 1.807) is 32.4 Å². The number of carbonyl (C=O) groups is 2. The molecular weight excluding hydrogens is 364 g/mol. The van der Waals surface area contributed by atoms with Crippen LogP contribution in [0.5, 0.6) is 23.0 Å². The third kappa shape index (κ3) is 5.54. The van der Waals surface area contributed by atoms with E-state index >= 15 is 0 Å². The molecule has 28 heavy (non-hydrogen) atoms. The highest BCUT2D eigenvalue weighted by atomic mass is 16.5. The van der Waals surface area contributed by atoms with Crippen LogP contribution in [-0.4, -0.2) is 46.3 Å². The molecule has 2 aromatic rings. The fourth-order valence-electron chi connectivity index (χ4n) is 2.54. The van der Waals surface area contributed by atoms with Gasteiger partial charge >= 0.3 is 0 Å². The predicted molar refractivity (Wildman–Crippen MR) is 103 cm³/mol. The maximum absolute atomic E-state index is 12.4. The van der Waals surface area contributed by atoms with Crippen molar-refractivity contribution in [3.05, 3.63) is 47.5 Å². The number of hydrogen-bond acceptors (Lipinski definition) is 6. The number of ether oxygens (including phenoxy) is 4. The number of amides is 2. The van der Waals surface area contributed by atoms with Crippen LogP contribution < -0.4 is 30.0 Å². The smallest absolute Gasteiger partial charge is 0.255 e. The van der Waals surface area contributed by atoms with Gasteiger partial charge < -0.3 is 30.0 Å². The Morgan fingerprint density at radius 3 is 2.18 bits per heavy atom. The number of nitrogens with two attached hydrogens (primary N) is 1. The van der Waals surface area contributed by atoms with Crippen molar-refractivity contribution in [1.82, 2.24) is 5.32 Å². The third-order valence-electron chi connectivity index (χ3n) is 3.94. The second-order valence-corrected chi connectivity index (χ2v) is 5.82. The second-order valence-electron chi connectivity index (χ2n) is 5.82. The zero-order chi connectivity index (χ0) is 20.5. The standard InChI is InChI=1S/C20H24N2O6/c1-25-15-6-4-13(10-17(15)26-2)8-9-22-20(24)14-5-7-16(18(11-14)27-3)28-12-19(21)23/h4-7,10-11H,8-9,12H2,1-3H3,(H2,21,23)(H,22,24). The van der Waals surface area contributed by atoms with Crippen molar-refractivity contribution in [3.63, 3.8) is 0 Å². The summed E-state index contributed by atoms with van der Waals surface area (Å²) in [6, 6.07) is 10.3. The van der Waals surface area contributed by atoms with Gasteiger partial charge in [-0.2, -0.15) is 0 Å². The molecule has 8 heteroatoms. The van der Waals surface area contributed by atoms with Crippen molar-refractivity contribution in [2.45, 2.75) is 6.42 Å². The summed E-state index contributed by atoms with van der Waals surface area (Å²) in [5.41, 5.74) is 6.48. The minimum absolute atomic E-state index is 0.250. The summed E-state index contributed by atoms with van der Waals surface area (Å²) in [5.74, 6) is 1.12. The van der Waals surface area contributed by atoms with Gasteiger partial charge in [-0.25, -0.2) is 0 Å². The Kier molecular flexibility index (Phi) is 7.50. The van der Waals surface area contributed by atoms with E-state index < -0.39 is 5.91 Å². The Labute approximate surface area is 163 Å². The van der Waals surface area contributed by atoms with Crippen molar-refractivity contribution < 1.29 is 28.5 Å². The Morgan fingerprint density at radius 1 is 0.893 bits per heavy atom. The Bertz CT molecular complexity index is 837. The lowest BCUT2D eigenvalue weighted by Crippen LogP contribution is -2.25. The van der Waals surface area contributed by atoms with Crippen molar-refractivity contribution >= 4 is 11.8 Å². The van der Waals surface area contributed by atoms with Gasteiger partial charge in [0, 0.05) is 12.1 Å². The van der Waals surface area contributed by atoms with E-state index in [0.717, 1.165) is 5.56 Å². The molecule has 0 aromatic heterocycles. The number of primary amides is 1. The van der Waals surface area contributed by atoms with Crippen LogP contribution in [0.25, 0.3) is 0 Å². The number of nitrogens with one attached hydrogen (secondary N) is 1. The van der Waals surface area contributed by atoms with Crippen LogP contribution in [0.4, 0.5) is 0 Å². The molecule has 0 heterocycles. The van der Waals surface area contributed by atoms with Crippen LogP contribution in [0.3, 0.4) is 0 Å². The lowest BCUT2D eigenvalue weighted by atomic mass is 10.1. The average molecular weight is 388 g/mol. The summed E-state index contributed by atoms with van der Waals surface area (Å²) in [5, 5.41) is 2.85. The van der Waals surface area contributed by atoms with Crippen LogP contribution in [0.15, 0.2) is 36.4 Å². The predicted octanol–water partition coefficient (Wildman–Crippen LogP) is 1.55. The van der Waals surface area contributed by atoms with Gasteiger partial charge in [-0.15, -0.1) is 0 Å². The molecule has 0 bridgehead atoms. The molecule has 2 amide bonds.